The number of ketones is 1. The van der Waals surface area contributed by atoms with Crippen LogP contribution in [0, 0.1) is 5.92 Å². The van der Waals surface area contributed by atoms with Crippen LogP contribution < -0.4 is 0 Å². The molecule has 2 aliphatic rings. The van der Waals surface area contributed by atoms with E-state index in [0.717, 1.165) is 18.6 Å². The van der Waals surface area contributed by atoms with E-state index in [1.165, 1.54) is 12.8 Å². The van der Waals surface area contributed by atoms with Crippen LogP contribution in [0.3, 0.4) is 0 Å². The maximum absolute atomic E-state index is 10.8. The third kappa shape index (κ3) is 2.64. The first kappa shape index (κ1) is 12.1. The predicted molar refractivity (Wildman–Crippen MR) is 63.4 cm³/mol. The minimum Gasteiger partial charge on any atom is -0.379 e. The molecule has 0 radical (unpaired) electrons. The quantitative estimate of drug-likeness (QED) is 0.646. The summed E-state index contributed by atoms with van der Waals surface area (Å²) in [5, 5.41) is 0. The van der Waals surface area contributed by atoms with Gasteiger partial charge in [-0.2, -0.15) is 0 Å². The molecule has 92 valence electrons. The zero-order valence-corrected chi connectivity index (χ0v) is 10.6. The molecule has 1 saturated heterocycles. The van der Waals surface area contributed by atoms with Gasteiger partial charge in [0.05, 0.1) is 13.2 Å². The van der Waals surface area contributed by atoms with E-state index in [0.29, 0.717) is 25.1 Å². The third-order valence-corrected chi connectivity index (χ3v) is 3.77. The summed E-state index contributed by atoms with van der Waals surface area (Å²) < 4.78 is 5.62. The number of nitrogens with zero attached hydrogens (tertiary/aromatic N) is 1. The molecule has 0 aromatic rings. The van der Waals surface area contributed by atoms with E-state index in [1.54, 1.807) is 6.92 Å². The van der Waals surface area contributed by atoms with Crippen LogP contribution >= 0.6 is 0 Å². The standard InChI is InChI=1S/C13H23NO2/c1-9(2)14-12(6-11-7-13(11)14)8-16-5-4-10(3)15/h9,11-13H,4-8H2,1-3H3/t11-,12+,13+/m1/s1. The Kier molecular flexibility index (Phi) is 3.65. The minimum absolute atomic E-state index is 0.218. The van der Waals surface area contributed by atoms with Gasteiger partial charge < -0.3 is 4.74 Å². The van der Waals surface area contributed by atoms with Gasteiger partial charge >= 0.3 is 0 Å². The van der Waals surface area contributed by atoms with Crippen LogP contribution in [0.15, 0.2) is 0 Å². The Morgan fingerprint density at radius 1 is 1.44 bits per heavy atom. The molecule has 0 aromatic carbocycles. The Morgan fingerprint density at radius 2 is 2.19 bits per heavy atom. The summed E-state index contributed by atoms with van der Waals surface area (Å²) in [6.07, 6.45) is 3.24. The number of piperidine rings is 1. The van der Waals surface area contributed by atoms with Crippen LogP contribution in [-0.2, 0) is 9.53 Å². The normalized spacial score (nSPS) is 33.1. The molecule has 3 atom stereocenters. The van der Waals surface area contributed by atoms with Crippen LogP contribution in [0.4, 0.5) is 0 Å². The topological polar surface area (TPSA) is 29.5 Å². The molecule has 16 heavy (non-hydrogen) atoms. The number of ether oxygens (including phenoxy) is 1. The molecular formula is C13H23NO2. The summed E-state index contributed by atoms with van der Waals surface area (Å²) in [6, 6.07) is 2.05. The summed E-state index contributed by atoms with van der Waals surface area (Å²) in [7, 11) is 0. The van der Waals surface area contributed by atoms with Gasteiger partial charge in [-0.05, 0) is 39.5 Å². The van der Waals surface area contributed by atoms with Crippen LogP contribution in [0.2, 0.25) is 0 Å². The van der Waals surface area contributed by atoms with Gasteiger partial charge in [-0.15, -0.1) is 0 Å². The zero-order chi connectivity index (χ0) is 11.7. The van der Waals surface area contributed by atoms with E-state index in [1.807, 2.05) is 0 Å². The number of likely N-dealkylation sites (tertiary alicyclic amines) is 1. The highest BCUT2D eigenvalue weighted by atomic mass is 16.5. The average Bonchev–Trinajstić information content (AvgIpc) is 2.84. The molecule has 2 rings (SSSR count). The number of hydrogen-bond acceptors (Lipinski definition) is 3. The minimum atomic E-state index is 0.218. The van der Waals surface area contributed by atoms with Crippen LogP contribution in [0.1, 0.15) is 40.0 Å². The fourth-order valence-corrected chi connectivity index (χ4v) is 2.99. The lowest BCUT2D eigenvalue weighted by atomic mass is 10.1. The Hall–Kier alpha value is -0.410. The highest BCUT2D eigenvalue weighted by Crippen LogP contribution is 2.48. The molecular weight excluding hydrogens is 202 g/mol. The molecule has 0 spiro atoms. The van der Waals surface area contributed by atoms with Crippen molar-refractivity contribution in [1.29, 1.82) is 0 Å². The third-order valence-electron chi connectivity index (χ3n) is 3.77. The van der Waals surface area contributed by atoms with E-state index in [2.05, 4.69) is 18.7 Å². The van der Waals surface area contributed by atoms with E-state index >= 15 is 0 Å². The Labute approximate surface area is 98.1 Å². The molecule has 0 aromatic heterocycles. The fraction of sp³-hybridized carbons (Fsp3) is 0.923. The summed E-state index contributed by atoms with van der Waals surface area (Å²) in [6.45, 7) is 7.55. The number of Topliss-reactive ketones (excluding diaryl/α,β-unsaturated/α-hetero) is 1. The molecule has 0 amide bonds. The molecule has 0 N–H and O–H groups in total. The maximum atomic E-state index is 10.8. The van der Waals surface area contributed by atoms with Crippen LogP contribution in [0.25, 0.3) is 0 Å². The average molecular weight is 225 g/mol. The maximum Gasteiger partial charge on any atom is 0.132 e. The number of fused-ring (bicyclic) bond motifs is 1. The second-order valence-corrected chi connectivity index (χ2v) is 5.52. The molecule has 1 saturated carbocycles. The monoisotopic (exact) mass is 225 g/mol. The van der Waals surface area contributed by atoms with Gasteiger partial charge in [0.15, 0.2) is 0 Å². The van der Waals surface area contributed by atoms with Crippen molar-refractivity contribution in [2.24, 2.45) is 5.92 Å². The lowest BCUT2D eigenvalue weighted by molar-refractivity contribution is -0.118. The van der Waals surface area contributed by atoms with Crippen molar-refractivity contribution in [3.05, 3.63) is 0 Å². The van der Waals surface area contributed by atoms with E-state index in [9.17, 15) is 4.79 Å². The summed E-state index contributed by atoms with van der Waals surface area (Å²) in [5.41, 5.74) is 0. The molecule has 1 aliphatic carbocycles. The van der Waals surface area contributed by atoms with Gasteiger partial charge in [0.1, 0.15) is 5.78 Å². The van der Waals surface area contributed by atoms with Gasteiger partial charge in [-0.1, -0.05) is 0 Å². The summed E-state index contributed by atoms with van der Waals surface area (Å²) >= 11 is 0. The van der Waals surface area contributed by atoms with Crippen molar-refractivity contribution in [1.82, 2.24) is 4.90 Å². The SMILES string of the molecule is CC(=O)CCOC[C@@H]1C[C@@H]2C[C@@H]2N1C(C)C. The lowest BCUT2D eigenvalue weighted by Crippen LogP contribution is -2.41. The number of carbonyl (C=O) groups excluding carboxylic acids is 1. The molecule has 2 fully saturated rings. The van der Waals surface area contributed by atoms with Crippen molar-refractivity contribution in [2.75, 3.05) is 13.2 Å². The Balaban J connectivity index is 1.71. The molecule has 0 unspecified atom stereocenters. The lowest BCUT2D eigenvalue weighted by Gasteiger charge is -2.30. The Bertz CT molecular complexity index is 265. The Morgan fingerprint density at radius 3 is 2.81 bits per heavy atom. The fourth-order valence-electron chi connectivity index (χ4n) is 2.99. The molecule has 1 heterocycles. The zero-order valence-electron chi connectivity index (χ0n) is 10.6. The molecule has 1 aliphatic heterocycles. The first-order valence-electron chi connectivity index (χ1n) is 6.44. The van der Waals surface area contributed by atoms with Crippen LogP contribution in [0.5, 0.6) is 0 Å². The largest absolute Gasteiger partial charge is 0.379 e. The van der Waals surface area contributed by atoms with Gasteiger partial charge in [-0.3, -0.25) is 9.69 Å². The van der Waals surface area contributed by atoms with Crippen molar-refractivity contribution in [3.8, 4) is 0 Å². The van der Waals surface area contributed by atoms with Gasteiger partial charge in [0.2, 0.25) is 0 Å². The van der Waals surface area contributed by atoms with E-state index in [4.69, 9.17) is 4.74 Å². The summed E-state index contributed by atoms with van der Waals surface area (Å²) in [4.78, 5) is 13.4. The van der Waals surface area contributed by atoms with Gasteiger partial charge in [0, 0.05) is 24.5 Å². The first-order chi connectivity index (χ1) is 7.59. The predicted octanol–water partition coefficient (Wildman–Crippen LogP) is 1.85. The second kappa shape index (κ2) is 4.84. The van der Waals surface area contributed by atoms with E-state index < -0.39 is 0 Å². The smallest absolute Gasteiger partial charge is 0.132 e. The van der Waals surface area contributed by atoms with Gasteiger partial charge in [0.25, 0.3) is 0 Å². The second-order valence-electron chi connectivity index (χ2n) is 5.52. The van der Waals surface area contributed by atoms with Crippen LogP contribution in [-0.4, -0.2) is 42.0 Å². The molecule has 0 bridgehead atoms. The number of rotatable bonds is 6. The van der Waals surface area contributed by atoms with Crippen molar-refractivity contribution in [2.45, 2.75) is 58.2 Å². The molecule has 3 heteroatoms. The highest BCUT2D eigenvalue weighted by molar-refractivity contribution is 5.75. The first-order valence-corrected chi connectivity index (χ1v) is 6.44. The van der Waals surface area contributed by atoms with Crippen molar-refractivity contribution in [3.63, 3.8) is 0 Å². The van der Waals surface area contributed by atoms with Gasteiger partial charge in [-0.25, -0.2) is 0 Å². The number of carbonyl (C=O) groups is 1. The van der Waals surface area contributed by atoms with Crippen molar-refractivity contribution < 1.29 is 9.53 Å². The highest BCUT2D eigenvalue weighted by Gasteiger charge is 2.52. The number of hydrogen-bond donors (Lipinski definition) is 0. The van der Waals surface area contributed by atoms with Crippen molar-refractivity contribution >= 4 is 5.78 Å². The molecule has 3 nitrogen and oxygen atoms in total. The summed E-state index contributed by atoms with van der Waals surface area (Å²) in [5.74, 6) is 1.15. The van der Waals surface area contributed by atoms with E-state index in [-0.39, 0.29) is 5.78 Å².